The third-order valence-corrected chi connectivity index (χ3v) is 5.84. The van der Waals surface area contributed by atoms with Crippen LogP contribution in [0.1, 0.15) is 24.5 Å². The quantitative estimate of drug-likeness (QED) is 0.498. The molecule has 150 valence electrons. The third kappa shape index (κ3) is 5.25. The van der Waals surface area contributed by atoms with Crippen molar-refractivity contribution >= 4 is 46.3 Å². The van der Waals surface area contributed by atoms with Crippen LogP contribution in [0.5, 0.6) is 5.75 Å². The van der Waals surface area contributed by atoms with Crippen molar-refractivity contribution in [3.8, 4) is 5.75 Å². The summed E-state index contributed by atoms with van der Waals surface area (Å²) in [6.45, 7) is 2.26. The molecule has 1 aliphatic rings. The van der Waals surface area contributed by atoms with Crippen molar-refractivity contribution in [2.75, 3.05) is 6.54 Å². The lowest BCUT2D eigenvalue weighted by Gasteiger charge is -2.15. The minimum Gasteiger partial charge on any atom is -0.479 e. The fourth-order valence-electron chi connectivity index (χ4n) is 2.89. The normalized spacial score (nSPS) is 16.3. The first-order chi connectivity index (χ1) is 14.0. The Balaban J connectivity index is 1.76. The Morgan fingerprint density at radius 1 is 1.21 bits per heavy atom. The zero-order valence-corrected chi connectivity index (χ0v) is 17.5. The van der Waals surface area contributed by atoms with Gasteiger partial charge in [0.2, 0.25) is 0 Å². The first-order valence-electron chi connectivity index (χ1n) is 9.27. The Kier molecular flexibility index (Phi) is 7.06. The van der Waals surface area contributed by atoms with Gasteiger partial charge < -0.3 is 9.84 Å². The molecule has 0 radical (unpaired) electrons. The largest absolute Gasteiger partial charge is 0.479 e. The summed E-state index contributed by atoms with van der Waals surface area (Å²) in [4.78, 5) is 26.3. The van der Waals surface area contributed by atoms with Crippen molar-refractivity contribution in [1.82, 2.24) is 4.90 Å². The number of hydrogen-bond donors (Lipinski definition) is 1. The number of carboxylic acids is 1. The molecule has 2 aromatic rings. The summed E-state index contributed by atoms with van der Waals surface area (Å²) in [5.41, 5.74) is 1.79. The molecule has 2 aromatic carbocycles. The number of hydrogen-bond acceptors (Lipinski definition) is 5. The molecule has 29 heavy (non-hydrogen) atoms. The molecule has 1 N–H and O–H groups in total. The molecule has 5 nitrogen and oxygen atoms in total. The Hall–Kier alpha value is -2.64. The highest BCUT2D eigenvalue weighted by molar-refractivity contribution is 8.26. The van der Waals surface area contributed by atoms with Gasteiger partial charge in [-0.25, -0.2) is 4.79 Å². The number of carbonyl (C=O) groups is 2. The number of para-hydroxylation sites is 1. The standard InChI is InChI=1S/C22H21NO4S2/c1-2-17(21(25)26)27-18-11-7-6-10-16(18)14-19-20(24)23(22(28)29-19)13-12-15-8-4-3-5-9-15/h3-11,14,17H,2,12-13H2,1H3,(H,25,26)/b19-14+. The molecular weight excluding hydrogens is 406 g/mol. The number of thiocarbonyl (C=S) groups is 1. The van der Waals surface area contributed by atoms with E-state index in [0.29, 0.717) is 33.5 Å². The molecule has 0 aliphatic carbocycles. The van der Waals surface area contributed by atoms with Crippen LogP contribution in [-0.2, 0) is 16.0 Å². The monoisotopic (exact) mass is 427 g/mol. The van der Waals surface area contributed by atoms with Crippen LogP contribution >= 0.6 is 24.0 Å². The van der Waals surface area contributed by atoms with E-state index in [0.717, 1.165) is 12.0 Å². The number of carboxylic acid groups (broad SMARTS) is 1. The zero-order valence-electron chi connectivity index (χ0n) is 15.9. The molecular formula is C22H21NO4S2. The Bertz CT molecular complexity index is 943. The number of ether oxygens (including phenoxy) is 1. The number of nitrogens with zero attached hydrogens (tertiary/aromatic N) is 1. The van der Waals surface area contributed by atoms with E-state index in [4.69, 9.17) is 17.0 Å². The maximum Gasteiger partial charge on any atom is 0.344 e. The molecule has 1 saturated heterocycles. The van der Waals surface area contributed by atoms with Crippen LogP contribution in [0.4, 0.5) is 0 Å². The Morgan fingerprint density at radius 3 is 2.59 bits per heavy atom. The summed E-state index contributed by atoms with van der Waals surface area (Å²) in [6.07, 6.45) is 1.83. The minimum atomic E-state index is -1.02. The van der Waals surface area contributed by atoms with Gasteiger partial charge in [-0.1, -0.05) is 79.4 Å². The molecule has 0 bridgehead atoms. The highest BCUT2D eigenvalue weighted by Crippen LogP contribution is 2.34. The maximum atomic E-state index is 12.9. The van der Waals surface area contributed by atoms with Crippen LogP contribution in [-0.4, -0.2) is 38.9 Å². The van der Waals surface area contributed by atoms with E-state index in [1.54, 1.807) is 36.1 Å². The molecule has 0 aromatic heterocycles. The van der Waals surface area contributed by atoms with Gasteiger partial charge in [0, 0.05) is 12.1 Å². The predicted molar refractivity (Wildman–Crippen MR) is 119 cm³/mol. The molecule has 3 rings (SSSR count). The molecule has 1 unspecified atom stereocenters. The second-order valence-electron chi connectivity index (χ2n) is 6.46. The molecule has 1 amide bonds. The van der Waals surface area contributed by atoms with Crippen LogP contribution < -0.4 is 4.74 Å². The number of thioether (sulfide) groups is 1. The first kappa shape index (κ1) is 21.1. The smallest absolute Gasteiger partial charge is 0.344 e. The van der Waals surface area contributed by atoms with Crippen LogP contribution in [0.25, 0.3) is 6.08 Å². The SMILES string of the molecule is CCC(Oc1ccccc1/C=C1/SC(=S)N(CCc2ccccc2)C1=O)C(=O)O. The Labute approximate surface area is 179 Å². The number of rotatable bonds is 8. The van der Waals surface area contributed by atoms with Gasteiger partial charge in [-0.05, 0) is 30.5 Å². The van der Waals surface area contributed by atoms with Crippen molar-refractivity contribution in [1.29, 1.82) is 0 Å². The lowest BCUT2D eigenvalue weighted by molar-refractivity contribution is -0.145. The molecule has 1 heterocycles. The summed E-state index contributed by atoms with van der Waals surface area (Å²) < 4.78 is 6.17. The number of benzene rings is 2. The summed E-state index contributed by atoms with van der Waals surface area (Å²) >= 11 is 6.65. The van der Waals surface area contributed by atoms with Gasteiger partial charge in [0.25, 0.3) is 5.91 Å². The average Bonchev–Trinajstić information content (AvgIpc) is 2.99. The van der Waals surface area contributed by atoms with E-state index in [-0.39, 0.29) is 5.91 Å². The van der Waals surface area contributed by atoms with E-state index in [2.05, 4.69) is 0 Å². The van der Waals surface area contributed by atoms with Gasteiger partial charge in [0.05, 0.1) is 4.91 Å². The van der Waals surface area contributed by atoms with Crippen molar-refractivity contribution in [2.24, 2.45) is 0 Å². The fourth-order valence-corrected chi connectivity index (χ4v) is 4.19. The summed E-state index contributed by atoms with van der Waals surface area (Å²) in [7, 11) is 0. The fraction of sp³-hybridized carbons (Fsp3) is 0.227. The van der Waals surface area contributed by atoms with Crippen molar-refractivity contribution in [3.63, 3.8) is 0 Å². The first-order valence-corrected chi connectivity index (χ1v) is 10.5. The van der Waals surface area contributed by atoms with Crippen molar-refractivity contribution in [3.05, 3.63) is 70.6 Å². The summed E-state index contributed by atoms with van der Waals surface area (Å²) in [6, 6.07) is 17.0. The van der Waals surface area contributed by atoms with Crippen molar-refractivity contribution < 1.29 is 19.4 Å². The van der Waals surface area contributed by atoms with E-state index >= 15 is 0 Å². The predicted octanol–water partition coefficient (Wildman–Crippen LogP) is 4.37. The number of amides is 1. The van der Waals surface area contributed by atoms with Crippen LogP contribution in [0.2, 0.25) is 0 Å². The second kappa shape index (κ2) is 9.71. The van der Waals surface area contributed by atoms with Crippen molar-refractivity contribution in [2.45, 2.75) is 25.9 Å². The van der Waals surface area contributed by atoms with Gasteiger partial charge >= 0.3 is 5.97 Å². The van der Waals surface area contributed by atoms with E-state index in [1.165, 1.54) is 11.8 Å². The molecule has 7 heteroatoms. The van der Waals surface area contributed by atoms with Gasteiger partial charge in [0.15, 0.2) is 6.10 Å². The van der Waals surface area contributed by atoms with E-state index in [1.807, 2.05) is 36.4 Å². The third-order valence-electron chi connectivity index (χ3n) is 4.46. The molecule has 0 spiro atoms. The summed E-state index contributed by atoms with van der Waals surface area (Å²) in [5, 5.41) is 9.25. The highest BCUT2D eigenvalue weighted by Gasteiger charge is 2.32. The van der Waals surface area contributed by atoms with Crippen LogP contribution in [0.3, 0.4) is 0 Å². The molecule has 0 saturated carbocycles. The van der Waals surface area contributed by atoms with Gasteiger partial charge in [-0.15, -0.1) is 0 Å². The molecule has 1 aliphatic heterocycles. The zero-order chi connectivity index (χ0) is 20.8. The van der Waals surface area contributed by atoms with Gasteiger partial charge in [-0.2, -0.15) is 0 Å². The van der Waals surface area contributed by atoms with Gasteiger partial charge in [0.1, 0.15) is 10.1 Å². The average molecular weight is 428 g/mol. The van der Waals surface area contributed by atoms with E-state index in [9.17, 15) is 14.7 Å². The molecule has 1 fully saturated rings. The topological polar surface area (TPSA) is 66.8 Å². The second-order valence-corrected chi connectivity index (χ2v) is 8.14. The van der Waals surface area contributed by atoms with Crippen LogP contribution in [0.15, 0.2) is 59.5 Å². The number of carbonyl (C=O) groups excluding carboxylic acids is 1. The van der Waals surface area contributed by atoms with E-state index < -0.39 is 12.1 Å². The van der Waals surface area contributed by atoms with Crippen LogP contribution in [0, 0.1) is 0 Å². The van der Waals surface area contributed by atoms with Gasteiger partial charge in [-0.3, -0.25) is 9.69 Å². The Morgan fingerprint density at radius 2 is 1.90 bits per heavy atom. The lowest BCUT2D eigenvalue weighted by atomic mass is 10.1. The summed E-state index contributed by atoms with van der Waals surface area (Å²) in [5.74, 6) is -0.734. The minimum absolute atomic E-state index is 0.143. The maximum absolute atomic E-state index is 12.9. The molecule has 1 atom stereocenters. The lowest BCUT2D eigenvalue weighted by Crippen LogP contribution is -2.30. The highest BCUT2D eigenvalue weighted by atomic mass is 32.2. The number of aliphatic carboxylic acids is 1.